The molecule has 17 heavy (non-hydrogen) atoms. The van der Waals surface area contributed by atoms with Crippen molar-refractivity contribution in [3.8, 4) is 5.75 Å². The Hall–Kier alpha value is -0.570. The molecule has 0 aliphatic heterocycles. The van der Waals surface area contributed by atoms with Crippen LogP contribution in [0.4, 0.5) is 4.39 Å². The molecule has 1 aliphatic rings. The standard InChI is InChI=1S/C14H18BrFO/c1-2-10-3-6-12(7-4-10)17-14-9-11(16)5-8-13(14)15/h5,8-10,12H,2-4,6-7H2,1H3. The molecule has 0 aromatic heterocycles. The van der Waals surface area contributed by atoms with Crippen LogP contribution in [0.2, 0.25) is 0 Å². The smallest absolute Gasteiger partial charge is 0.136 e. The molecule has 0 spiro atoms. The third kappa shape index (κ3) is 3.44. The van der Waals surface area contributed by atoms with Crippen molar-refractivity contribution in [1.29, 1.82) is 0 Å². The zero-order valence-electron chi connectivity index (χ0n) is 10.1. The van der Waals surface area contributed by atoms with E-state index in [2.05, 4.69) is 22.9 Å². The van der Waals surface area contributed by atoms with Gasteiger partial charge in [0.05, 0.1) is 10.6 Å². The molecular weight excluding hydrogens is 283 g/mol. The predicted octanol–water partition coefficient (Wildman–Crippen LogP) is 4.94. The van der Waals surface area contributed by atoms with Crippen LogP contribution < -0.4 is 4.74 Å². The molecule has 1 aromatic carbocycles. The lowest BCUT2D eigenvalue weighted by molar-refractivity contribution is 0.128. The molecule has 0 heterocycles. The Bertz CT molecular complexity index is 372. The first-order chi connectivity index (χ1) is 8.19. The lowest BCUT2D eigenvalue weighted by Gasteiger charge is -2.28. The van der Waals surface area contributed by atoms with Crippen molar-refractivity contribution >= 4 is 15.9 Å². The Kier molecular flexibility index (Phi) is 4.43. The van der Waals surface area contributed by atoms with E-state index >= 15 is 0 Å². The molecule has 1 fully saturated rings. The maximum absolute atomic E-state index is 13.1. The average Bonchev–Trinajstić information content (AvgIpc) is 2.35. The highest BCUT2D eigenvalue weighted by atomic mass is 79.9. The van der Waals surface area contributed by atoms with Gasteiger partial charge >= 0.3 is 0 Å². The van der Waals surface area contributed by atoms with Crippen molar-refractivity contribution in [2.45, 2.75) is 45.1 Å². The monoisotopic (exact) mass is 300 g/mol. The minimum Gasteiger partial charge on any atom is -0.489 e. The summed E-state index contributed by atoms with van der Waals surface area (Å²) in [5.74, 6) is 1.24. The molecule has 0 radical (unpaired) electrons. The second-order valence-electron chi connectivity index (χ2n) is 4.74. The molecule has 94 valence electrons. The van der Waals surface area contributed by atoms with Crippen LogP contribution in [0, 0.1) is 11.7 Å². The molecule has 0 N–H and O–H groups in total. The lowest BCUT2D eigenvalue weighted by atomic mass is 9.86. The number of hydrogen-bond acceptors (Lipinski definition) is 1. The molecule has 1 aromatic rings. The number of rotatable bonds is 3. The Morgan fingerprint density at radius 2 is 2.00 bits per heavy atom. The summed E-state index contributed by atoms with van der Waals surface area (Å²) in [4.78, 5) is 0. The van der Waals surface area contributed by atoms with Gasteiger partial charge in [0.25, 0.3) is 0 Å². The zero-order chi connectivity index (χ0) is 12.3. The number of benzene rings is 1. The van der Waals surface area contributed by atoms with E-state index in [1.165, 1.54) is 31.4 Å². The van der Waals surface area contributed by atoms with Crippen molar-refractivity contribution < 1.29 is 9.13 Å². The molecule has 0 bridgehead atoms. The Morgan fingerprint density at radius 1 is 1.29 bits per heavy atom. The van der Waals surface area contributed by atoms with Gasteiger partial charge in [-0.3, -0.25) is 0 Å². The SMILES string of the molecule is CCC1CCC(Oc2cc(F)ccc2Br)CC1. The quantitative estimate of drug-likeness (QED) is 0.768. The van der Waals surface area contributed by atoms with E-state index in [4.69, 9.17) is 4.74 Å². The van der Waals surface area contributed by atoms with Crippen LogP contribution in [-0.4, -0.2) is 6.10 Å². The van der Waals surface area contributed by atoms with Gasteiger partial charge in [0.15, 0.2) is 0 Å². The summed E-state index contributed by atoms with van der Waals surface area (Å²) in [6, 6.07) is 4.59. The minimum absolute atomic E-state index is 0.245. The second kappa shape index (κ2) is 5.85. The van der Waals surface area contributed by atoms with Crippen molar-refractivity contribution in [3.05, 3.63) is 28.5 Å². The Labute approximate surface area is 110 Å². The van der Waals surface area contributed by atoms with Crippen LogP contribution >= 0.6 is 15.9 Å². The van der Waals surface area contributed by atoms with E-state index in [1.807, 2.05) is 0 Å². The van der Waals surface area contributed by atoms with Gasteiger partial charge in [0, 0.05) is 6.07 Å². The van der Waals surface area contributed by atoms with Gasteiger partial charge in [0.1, 0.15) is 11.6 Å². The molecule has 1 nitrogen and oxygen atoms in total. The number of hydrogen-bond donors (Lipinski definition) is 0. The Balaban J connectivity index is 1.95. The van der Waals surface area contributed by atoms with E-state index < -0.39 is 0 Å². The van der Waals surface area contributed by atoms with Crippen LogP contribution in [0.3, 0.4) is 0 Å². The molecule has 1 saturated carbocycles. The predicted molar refractivity (Wildman–Crippen MR) is 70.8 cm³/mol. The molecule has 0 amide bonds. The molecular formula is C14H18BrFO. The maximum atomic E-state index is 13.1. The van der Waals surface area contributed by atoms with Gasteiger partial charge in [-0.2, -0.15) is 0 Å². The summed E-state index contributed by atoms with van der Waals surface area (Å²) in [7, 11) is 0. The van der Waals surface area contributed by atoms with Crippen LogP contribution in [0.5, 0.6) is 5.75 Å². The molecule has 0 saturated heterocycles. The van der Waals surface area contributed by atoms with Crippen molar-refractivity contribution in [1.82, 2.24) is 0 Å². The van der Waals surface area contributed by atoms with Gasteiger partial charge in [-0.25, -0.2) is 4.39 Å². The number of ether oxygens (including phenoxy) is 1. The number of halogens is 2. The summed E-state index contributed by atoms with van der Waals surface area (Å²) < 4.78 is 19.8. The molecule has 0 atom stereocenters. The fourth-order valence-electron chi connectivity index (χ4n) is 2.41. The molecule has 0 unspecified atom stereocenters. The van der Waals surface area contributed by atoms with Crippen LogP contribution in [0.25, 0.3) is 0 Å². The maximum Gasteiger partial charge on any atom is 0.136 e. The van der Waals surface area contributed by atoms with Crippen molar-refractivity contribution in [2.24, 2.45) is 5.92 Å². The fourth-order valence-corrected chi connectivity index (χ4v) is 2.75. The first-order valence-electron chi connectivity index (χ1n) is 6.30. The van der Waals surface area contributed by atoms with E-state index in [9.17, 15) is 4.39 Å². The van der Waals surface area contributed by atoms with E-state index in [0.29, 0.717) is 5.75 Å². The van der Waals surface area contributed by atoms with Crippen molar-refractivity contribution in [3.63, 3.8) is 0 Å². The minimum atomic E-state index is -0.245. The van der Waals surface area contributed by atoms with E-state index in [-0.39, 0.29) is 11.9 Å². The fraction of sp³-hybridized carbons (Fsp3) is 0.571. The van der Waals surface area contributed by atoms with Crippen LogP contribution in [0.15, 0.2) is 22.7 Å². The average molecular weight is 301 g/mol. The first-order valence-corrected chi connectivity index (χ1v) is 7.10. The van der Waals surface area contributed by atoms with Gasteiger partial charge in [0.2, 0.25) is 0 Å². The topological polar surface area (TPSA) is 9.23 Å². The highest BCUT2D eigenvalue weighted by Gasteiger charge is 2.21. The van der Waals surface area contributed by atoms with Gasteiger partial charge in [-0.15, -0.1) is 0 Å². The third-order valence-electron chi connectivity index (χ3n) is 3.56. The van der Waals surface area contributed by atoms with Gasteiger partial charge < -0.3 is 4.74 Å². The first kappa shape index (κ1) is 12.9. The third-order valence-corrected chi connectivity index (χ3v) is 4.21. The largest absolute Gasteiger partial charge is 0.489 e. The molecule has 3 heteroatoms. The summed E-state index contributed by atoms with van der Waals surface area (Å²) in [6.07, 6.45) is 6.14. The normalized spacial score (nSPS) is 24.6. The van der Waals surface area contributed by atoms with Crippen molar-refractivity contribution in [2.75, 3.05) is 0 Å². The molecule has 1 aliphatic carbocycles. The molecule has 2 rings (SSSR count). The van der Waals surface area contributed by atoms with Crippen LogP contribution in [0.1, 0.15) is 39.0 Å². The summed E-state index contributed by atoms with van der Waals surface area (Å²) >= 11 is 3.39. The van der Waals surface area contributed by atoms with Gasteiger partial charge in [-0.1, -0.05) is 13.3 Å². The second-order valence-corrected chi connectivity index (χ2v) is 5.60. The zero-order valence-corrected chi connectivity index (χ0v) is 11.7. The van der Waals surface area contributed by atoms with E-state index in [1.54, 1.807) is 6.07 Å². The highest BCUT2D eigenvalue weighted by Crippen LogP contribution is 2.32. The van der Waals surface area contributed by atoms with Gasteiger partial charge in [-0.05, 0) is 59.7 Å². The highest BCUT2D eigenvalue weighted by molar-refractivity contribution is 9.10. The van der Waals surface area contributed by atoms with Crippen LogP contribution in [-0.2, 0) is 0 Å². The summed E-state index contributed by atoms with van der Waals surface area (Å²) in [5, 5.41) is 0. The Morgan fingerprint density at radius 3 is 2.65 bits per heavy atom. The van der Waals surface area contributed by atoms with E-state index in [0.717, 1.165) is 23.2 Å². The summed E-state index contributed by atoms with van der Waals surface area (Å²) in [6.45, 7) is 2.25. The summed E-state index contributed by atoms with van der Waals surface area (Å²) in [5.41, 5.74) is 0. The lowest BCUT2D eigenvalue weighted by Crippen LogP contribution is -2.24.